The van der Waals surface area contributed by atoms with E-state index in [-0.39, 0.29) is 23.8 Å². The smallest absolute Gasteiger partial charge is 0.262 e. The van der Waals surface area contributed by atoms with Gasteiger partial charge in [0.25, 0.3) is 11.8 Å². The van der Waals surface area contributed by atoms with Crippen molar-refractivity contribution in [2.45, 2.75) is 58.4 Å². The van der Waals surface area contributed by atoms with Crippen molar-refractivity contribution in [1.82, 2.24) is 9.58 Å². The van der Waals surface area contributed by atoms with Crippen LogP contribution in [0.4, 0.5) is 0 Å². The first kappa shape index (κ1) is 23.6. The Labute approximate surface area is 210 Å². The molecule has 0 bridgehead atoms. The van der Waals surface area contributed by atoms with E-state index in [4.69, 9.17) is 21.4 Å². The number of halogens is 1. The number of ether oxygens (including phenoxy) is 1. The molecule has 6 nitrogen and oxygen atoms in total. The zero-order valence-electron chi connectivity index (χ0n) is 20.4. The van der Waals surface area contributed by atoms with Gasteiger partial charge in [0.1, 0.15) is 5.75 Å². The van der Waals surface area contributed by atoms with Gasteiger partial charge in [-0.2, -0.15) is 5.10 Å². The van der Waals surface area contributed by atoms with E-state index >= 15 is 0 Å². The molecule has 7 heteroatoms. The number of methoxy groups -OCH3 is 1. The number of carbonyl (C=O) groups is 2. The maximum atomic E-state index is 13.6. The van der Waals surface area contributed by atoms with Gasteiger partial charge in [-0.05, 0) is 74.7 Å². The Morgan fingerprint density at radius 3 is 2.51 bits per heavy atom. The number of nitrogens with zero attached hydrogens (tertiary/aromatic N) is 3. The summed E-state index contributed by atoms with van der Waals surface area (Å²) in [5.41, 5.74) is 4.04. The Bertz CT molecular complexity index is 1320. The van der Waals surface area contributed by atoms with Gasteiger partial charge in [-0.3, -0.25) is 14.2 Å². The monoisotopic (exact) mass is 491 g/mol. The van der Waals surface area contributed by atoms with Crippen LogP contribution in [0.5, 0.6) is 5.75 Å². The van der Waals surface area contributed by atoms with Gasteiger partial charge < -0.3 is 4.74 Å². The zero-order chi connectivity index (χ0) is 24.7. The minimum atomic E-state index is -0.271. The fraction of sp³-hybridized carbons (Fsp3) is 0.393. The Morgan fingerprint density at radius 1 is 1.11 bits per heavy atom. The molecule has 1 aliphatic carbocycles. The molecular formula is C28H30ClN3O3. The molecule has 1 saturated carbocycles. The maximum absolute atomic E-state index is 13.6. The largest absolute Gasteiger partial charge is 0.497 e. The van der Waals surface area contributed by atoms with Gasteiger partial charge in [-0.15, -0.1) is 0 Å². The lowest BCUT2D eigenvalue weighted by Gasteiger charge is -2.28. The molecule has 1 aromatic heterocycles. The molecule has 0 radical (unpaired) electrons. The van der Waals surface area contributed by atoms with Crippen molar-refractivity contribution in [3.63, 3.8) is 0 Å². The van der Waals surface area contributed by atoms with E-state index in [0.717, 1.165) is 59.3 Å². The molecule has 0 saturated heterocycles. The van der Waals surface area contributed by atoms with Crippen LogP contribution in [0.15, 0.2) is 47.6 Å². The molecular weight excluding hydrogens is 462 g/mol. The maximum Gasteiger partial charge on any atom is 0.262 e. The van der Waals surface area contributed by atoms with Crippen LogP contribution in [0.2, 0.25) is 5.02 Å². The van der Waals surface area contributed by atoms with Crippen LogP contribution >= 0.6 is 11.6 Å². The fourth-order valence-corrected chi connectivity index (χ4v) is 5.49. The predicted octanol–water partition coefficient (Wildman–Crippen LogP) is 6.01. The number of hydrazone groups is 1. The molecule has 2 aromatic carbocycles. The molecule has 5 rings (SSSR count). The number of fused-ring (bicyclic) bond motifs is 1. The van der Waals surface area contributed by atoms with Gasteiger partial charge in [0.15, 0.2) is 0 Å². The SMILES string of the molecule is COc1ccc2c(c1)c(CC1=NN(C3CCCCC3)C(=O)C1C)c(C)n2C(=O)c1ccc(Cl)cc1. The van der Waals surface area contributed by atoms with Crippen molar-refractivity contribution in [2.24, 2.45) is 11.0 Å². The number of amides is 1. The lowest BCUT2D eigenvalue weighted by molar-refractivity contribution is -0.134. The van der Waals surface area contributed by atoms with Crippen molar-refractivity contribution < 1.29 is 14.3 Å². The van der Waals surface area contributed by atoms with Crippen LogP contribution in [0.1, 0.15) is 60.6 Å². The lowest BCUT2D eigenvalue weighted by Crippen LogP contribution is -2.36. The zero-order valence-corrected chi connectivity index (χ0v) is 21.1. The van der Waals surface area contributed by atoms with E-state index in [1.165, 1.54) is 6.42 Å². The summed E-state index contributed by atoms with van der Waals surface area (Å²) in [6.07, 6.45) is 6.06. The van der Waals surface area contributed by atoms with Crippen molar-refractivity contribution in [1.29, 1.82) is 0 Å². The highest BCUT2D eigenvalue weighted by Crippen LogP contribution is 2.34. The average molecular weight is 492 g/mol. The van der Waals surface area contributed by atoms with Gasteiger partial charge in [-0.1, -0.05) is 30.9 Å². The number of benzene rings is 2. The minimum Gasteiger partial charge on any atom is -0.497 e. The highest BCUT2D eigenvalue weighted by molar-refractivity contribution is 6.30. The van der Waals surface area contributed by atoms with E-state index < -0.39 is 0 Å². The highest BCUT2D eigenvalue weighted by atomic mass is 35.5. The minimum absolute atomic E-state index is 0.0862. The molecule has 1 unspecified atom stereocenters. The summed E-state index contributed by atoms with van der Waals surface area (Å²) in [5, 5.41) is 8.10. The summed E-state index contributed by atoms with van der Waals surface area (Å²) in [5.74, 6) is 0.411. The first-order valence-corrected chi connectivity index (χ1v) is 12.7. The van der Waals surface area contributed by atoms with Crippen LogP contribution in [-0.4, -0.2) is 40.3 Å². The van der Waals surface area contributed by atoms with Crippen LogP contribution < -0.4 is 4.74 Å². The van der Waals surface area contributed by atoms with Gasteiger partial charge in [-0.25, -0.2) is 5.01 Å². The van der Waals surface area contributed by atoms with Crippen LogP contribution in [0.3, 0.4) is 0 Å². The molecule has 0 spiro atoms. The summed E-state index contributed by atoms with van der Waals surface area (Å²) < 4.78 is 7.23. The Balaban J connectivity index is 1.57. The molecule has 1 amide bonds. The second-order valence-electron chi connectivity index (χ2n) is 9.56. The van der Waals surface area contributed by atoms with E-state index in [9.17, 15) is 9.59 Å². The summed E-state index contributed by atoms with van der Waals surface area (Å²) in [6, 6.07) is 12.9. The second kappa shape index (κ2) is 9.50. The molecule has 1 aliphatic heterocycles. The fourth-order valence-electron chi connectivity index (χ4n) is 5.37. The molecule has 1 atom stereocenters. The molecule has 35 heavy (non-hydrogen) atoms. The molecule has 2 aliphatic rings. The van der Waals surface area contributed by atoms with Crippen LogP contribution in [0.25, 0.3) is 10.9 Å². The topological polar surface area (TPSA) is 63.9 Å². The quantitative estimate of drug-likeness (QED) is 0.439. The third kappa shape index (κ3) is 4.25. The standard InChI is InChI=1S/C28H30ClN3O3/c1-17-25(30-32(27(17)33)21-7-5-4-6-8-21)16-23-18(2)31(26-14-13-22(35-3)15-24(23)26)28(34)19-9-11-20(29)12-10-19/h9-15,17,21H,4-8,16H2,1-3H3. The number of rotatable bonds is 5. The van der Waals surface area contributed by atoms with Gasteiger partial charge in [0.2, 0.25) is 0 Å². The van der Waals surface area contributed by atoms with Crippen molar-refractivity contribution in [2.75, 3.05) is 7.11 Å². The molecule has 0 N–H and O–H groups in total. The third-order valence-corrected chi connectivity index (χ3v) is 7.70. The average Bonchev–Trinajstić information content (AvgIpc) is 3.32. The van der Waals surface area contributed by atoms with E-state index in [0.29, 0.717) is 17.0 Å². The van der Waals surface area contributed by atoms with E-state index in [1.54, 1.807) is 41.0 Å². The normalized spacial score (nSPS) is 18.9. The summed E-state index contributed by atoms with van der Waals surface area (Å²) in [4.78, 5) is 26.7. The number of hydrogen-bond donors (Lipinski definition) is 0. The van der Waals surface area contributed by atoms with Gasteiger partial charge in [0.05, 0.1) is 30.3 Å². The molecule has 182 valence electrons. The first-order chi connectivity index (χ1) is 16.9. The molecule has 3 aromatic rings. The summed E-state index contributed by atoms with van der Waals surface area (Å²) in [6.45, 7) is 3.90. The summed E-state index contributed by atoms with van der Waals surface area (Å²) in [7, 11) is 1.63. The second-order valence-corrected chi connectivity index (χ2v) is 10.00. The van der Waals surface area contributed by atoms with Crippen LogP contribution in [-0.2, 0) is 11.2 Å². The van der Waals surface area contributed by atoms with Gasteiger partial charge >= 0.3 is 0 Å². The van der Waals surface area contributed by atoms with Crippen molar-refractivity contribution >= 4 is 40.0 Å². The highest BCUT2D eigenvalue weighted by Gasteiger charge is 2.37. The van der Waals surface area contributed by atoms with Crippen molar-refractivity contribution in [3.05, 3.63) is 64.3 Å². The van der Waals surface area contributed by atoms with Crippen molar-refractivity contribution in [3.8, 4) is 5.75 Å². The third-order valence-electron chi connectivity index (χ3n) is 7.45. The van der Waals surface area contributed by atoms with E-state index in [2.05, 4.69) is 0 Å². The van der Waals surface area contributed by atoms with Gasteiger partial charge in [0, 0.05) is 28.1 Å². The molecule has 2 heterocycles. The van der Waals surface area contributed by atoms with E-state index in [1.807, 2.05) is 32.0 Å². The lowest BCUT2D eigenvalue weighted by atomic mass is 9.94. The number of hydrogen-bond acceptors (Lipinski definition) is 4. The molecule has 1 fully saturated rings. The summed E-state index contributed by atoms with van der Waals surface area (Å²) >= 11 is 6.04. The first-order valence-electron chi connectivity index (χ1n) is 12.3. The number of carbonyl (C=O) groups excluding carboxylic acids is 2. The Kier molecular flexibility index (Phi) is 6.41. The Hall–Kier alpha value is -3.12. The van der Waals surface area contributed by atoms with Crippen LogP contribution in [0, 0.1) is 12.8 Å². The predicted molar refractivity (Wildman–Crippen MR) is 138 cm³/mol. The number of aromatic nitrogens is 1. The Morgan fingerprint density at radius 2 is 1.83 bits per heavy atom.